The maximum atomic E-state index is 12.2. The summed E-state index contributed by atoms with van der Waals surface area (Å²) in [6.07, 6.45) is 3.41. The Morgan fingerprint density at radius 3 is 2.55 bits per heavy atom. The van der Waals surface area contributed by atoms with E-state index in [9.17, 15) is 4.79 Å². The van der Waals surface area contributed by atoms with Gasteiger partial charge in [-0.25, -0.2) is 4.79 Å². The molecule has 110 valence electrons. The lowest BCUT2D eigenvalue weighted by Crippen LogP contribution is -2.26. The number of hydrogen-bond acceptors (Lipinski definition) is 2. The van der Waals surface area contributed by atoms with Crippen molar-refractivity contribution in [2.24, 2.45) is 11.3 Å². The van der Waals surface area contributed by atoms with Gasteiger partial charge >= 0.3 is 5.97 Å². The van der Waals surface area contributed by atoms with E-state index in [1.54, 1.807) is 0 Å². The molecule has 1 atom stereocenters. The first-order valence-electron chi connectivity index (χ1n) is 6.69. The van der Waals surface area contributed by atoms with Crippen LogP contribution in [0.1, 0.15) is 43.5 Å². The van der Waals surface area contributed by atoms with E-state index in [-0.39, 0.29) is 21.0 Å². The molecule has 2 nitrogen and oxygen atoms in total. The highest BCUT2D eigenvalue weighted by atomic mass is 35.5. The SMILES string of the molecule is CCC(C)(COC(=O)c1cc(Cl)cc(Cl)c1Cl)C1CC1. The van der Waals surface area contributed by atoms with Crippen LogP contribution in [-0.4, -0.2) is 12.6 Å². The lowest BCUT2D eigenvalue weighted by Gasteiger charge is -2.27. The van der Waals surface area contributed by atoms with Crippen molar-refractivity contribution >= 4 is 40.8 Å². The van der Waals surface area contributed by atoms with Gasteiger partial charge in [0, 0.05) is 10.4 Å². The molecule has 2 rings (SSSR count). The molecule has 1 saturated carbocycles. The molecule has 0 bridgehead atoms. The van der Waals surface area contributed by atoms with Gasteiger partial charge in [0.25, 0.3) is 0 Å². The summed E-state index contributed by atoms with van der Waals surface area (Å²) in [5, 5.41) is 0.809. The molecule has 5 heteroatoms. The largest absolute Gasteiger partial charge is 0.461 e. The van der Waals surface area contributed by atoms with E-state index in [1.807, 2.05) is 0 Å². The highest BCUT2D eigenvalue weighted by Gasteiger charge is 2.41. The Labute approximate surface area is 134 Å². The molecule has 0 amide bonds. The van der Waals surface area contributed by atoms with Crippen molar-refractivity contribution in [3.05, 3.63) is 32.8 Å². The van der Waals surface area contributed by atoms with Crippen molar-refractivity contribution in [1.29, 1.82) is 0 Å². The summed E-state index contributed by atoms with van der Waals surface area (Å²) < 4.78 is 5.44. The van der Waals surface area contributed by atoms with Crippen molar-refractivity contribution in [3.63, 3.8) is 0 Å². The zero-order valence-corrected chi connectivity index (χ0v) is 13.8. The third kappa shape index (κ3) is 3.41. The van der Waals surface area contributed by atoms with Crippen molar-refractivity contribution in [1.82, 2.24) is 0 Å². The normalized spacial score (nSPS) is 17.6. The average molecular weight is 336 g/mol. The van der Waals surface area contributed by atoms with E-state index in [2.05, 4.69) is 13.8 Å². The summed E-state index contributed by atoms with van der Waals surface area (Å²) >= 11 is 17.8. The van der Waals surface area contributed by atoms with E-state index in [0.717, 1.165) is 6.42 Å². The predicted molar refractivity (Wildman–Crippen MR) is 82.9 cm³/mol. The first-order chi connectivity index (χ1) is 9.37. The third-order valence-corrected chi connectivity index (χ3v) is 5.14. The van der Waals surface area contributed by atoms with Crippen LogP contribution in [0.4, 0.5) is 0 Å². The van der Waals surface area contributed by atoms with E-state index < -0.39 is 5.97 Å². The Kier molecular flexibility index (Phi) is 4.88. The first kappa shape index (κ1) is 15.9. The second-order valence-electron chi connectivity index (χ2n) is 5.61. The van der Waals surface area contributed by atoms with Crippen LogP contribution in [0.25, 0.3) is 0 Å². The molecule has 0 heterocycles. The van der Waals surface area contributed by atoms with Crippen LogP contribution in [0, 0.1) is 11.3 Å². The minimum absolute atomic E-state index is 0.0461. The van der Waals surface area contributed by atoms with Crippen molar-refractivity contribution in [3.8, 4) is 0 Å². The molecule has 1 aromatic rings. The molecular weight excluding hydrogens is 319 g/mol. The minimum atomic E-state index is -0.472. The van der Waals surface area contributed by atoms with Crippen molar-refractivity contribution in [2.45, 2.75) is 33.1 Å². The fourth-order valence-electron chi connectivity index (χ4n) is 2.30. The monoisotopic (exact) mass is 334 g/mol. The number of hydrogen-bond donors (Lipinski definition) is 0. The van der Waals surface area contributed by atoms with Gasteiger partial charge in [0.15, 0.2) is 0 Å². The Bertz CT molecular complexity index is 526. The molecule has 1 aliphatic carbocycles. The molecule has 0 aliphatic heterocycles. The summed E-state index contributed by atoms with van der Waals surface area (Å²) in [5.41, 5.74) is 0.267. The highest BCUT2D eigenvalue weighted by Crippen LogP contribution is 2.47. The second kappa shape index (κ2) is 6.13. The lowest BCUT2D eigenvalue weighted by atomic mass is 9.83. The van der Waals surface area contributed by atoms with Gasteiger partial charge in [0.1, 0.15) is 0 Å². The van der Waals surface area contributed by atoms with Gasteiger partial charge in [-0.15, -0.1) is 0 Å². The quantitative estimate of drug-likeness (QED) is 0.515. The van der Waals surface area contributed by atoms with E-state index in [4.69, 9.17) is 39.5 Å². The molecule has 0 N–H and O–H groups in total. The van der Waals surface area contributed by atoms with Gasteiger partial charge in [-0.2, -0.15) is 0 Å². The average Bonchev–Trinajstić information content (AvgIpc) is 3.24. The van der Waals surface area contributed by atoms with Gasteiger partial charge in [0.2, 0.25) is 0 Å². The smallest absolute Gasteiger partial charge is 0.339 e. The van der Waals surface area contributed by atoms with E-state index in [1.165, 1.54) is 25.0 Å². The molecule has 1 aromatic carbocycles. The second-order valence-corrected chi connectivity index (χ2v) is 6.83. The van der Waals surface area contributed by atoms with E-state index >= 15 is 0 Å². The zero-order chi connectivity index (χ0) is 14.9. The first-order valence-corrected chi connectivity index (χ1v) is 7.82. The van der Waals surface area contributed by atoms with Crippen LogP contribution >= 0.6 is 34.8 Å². The molecule has 1 aliphatic rings. The number of halogens is 3. The number of carbonyl (C=O) groups excluding carboxylic acids is 1. The summed E-state index contributed by atoms with van der Waals surface area (Å²) in [6, 6.07) is 2.99. The minimum Gasteiger partial charge on any atom is -0.461 e. The van der Waals surface area contributed by atoms with Crippen molar-refractivity contribution < 1.29 is 9.53 Å². The summed E-state index contributed by atoms with van der Waals surface area (Å²) in [5.74, 6) is 0.179. The van der Waals surface area contributed by atoms with Crippen molar-refractivity contribution in [2.75, 3.05) is 6.61 Å². The predicted octanol–water partition coefficient (Wildman–Crippen LogP) is 5.63. The standard InChI is InChI=1S/C15H17Cl3O2/c1-3-15(2,9-4-5-9)8-20-14(19)11-6-10(16)7-12(17)13(11)18/h6-7,9H,3-5,8H2,1-2H3. The maximum absolute atomic E-state index is 12.2. The summed E-state index contributed by atoms with van der Waals surface area (Å²) in [6.45, 7) is 4.67. The van der Waals surface area contributed by atoms with Gasteiger partial charge in [-0.3, -0.25) is 0 Å². The molecule has 0 saturated heterocycles. The van der Waals surface area contributed by atoms with E-state index in [0.29, 0.717) is 17.5 Å². The molecule has 0 aromatic heterocycles. The van der Waals surface area contributed by atoms with Crippen LogP contribution in [0.5, 0.6) is 0 Å². The highest BCUT2D eigenvalue weighted by molar-refractivity contribution is 6.45. The van der Waals surface area contributed by atoms with Gasteiger partial charge in [-0.1, -0.05) is 48.7 Å². The van der Waals surface area contributed by atoms with Gasteiger partial charge in [0.05, 0.1) is 22.2 Å². The molecule has 0 radical (unpaired) electrons. The lowest BCUT2D eigenvalue weighted by molar-refractivity contribution is 0.0256. The number of rotatable bonds is 5. The summed E-state index contributed by atoms with van der Waals surface area (Å²) in [4.78, 5) is 12.2. The third-order valence-electron chi connectivity index (χ3n) is 4.12. The number of ether oxygens (including phenoxy) is 1. The maximum Gasteiger partial charge on any atom is 0.339 e. The zero-order valence-electron chi connectivity index (χ0n) is 11.5. The Hall–Kier alpha value is -0.440. The van der Waals surface area contributed by atoms with Gasteiger partial charge < -0.3 is 4.74 Å². The van der Waals surface area contributed by atoms with Crippen LogP contribution in [0.2, 0.25) is 15.1 Å². The molecule has 1 fully saturated rings. The van der Waals surface area contributed by atoms with Crippen LogP contribution < -0.4 is 0 Å². The Morgan fingerprint density at radius 1 is 1.35 bits per heavy atom. The fourth-order valence-corrected chi connectivity index (χ4v) is 2.98. The molecule has 20 heavy (non-hydrogen) atoms. The van der Waals surface area contributed by atoms with Crippen LogP contribution in [-0.2, 0) is 4.74 Å². The fraction of sp³-hybridized carbons (Fsp3) is 0.533. The molecule has 0 spiro atoms. The number of esters is 1. The van der Waals surface area contributed by atoms with Crippen LogP contribution in [0.3, 0.4) is 0 Å². The molecule has 1 unspecified atom stereocenters. The van der Waals surface area contributed by atoms with Crippen LogP contribution in [0.15, 0.2) is 12.1 Å². The Balaban J connectivity index is 2.09. The topological polar surface area (TPSA) is 26.3 Å². The molecular formula is C15H17Cl3O2. The van der Waals surface area contributed by atoms with Gasteiger partial charge in [-0.05, 0) is 37.3 Å². The number of benzene rings is 1. The summed E-state index contributed by atoms with van der Waals surface area (Å²) in [7, 11) is 0. The Morgan fingerprint density at radius 2 is 2.00 bits per heavy atom. The number of carbonyl (C=O) groups is 1.